The maximum atomic E-state index is 12.8. The minimum absolute atomic E-state index is 0.0482. The Hall–Kier alpha value is -5.08. The summed E-state index contributed by atoms with van der Waals surface area (Å²) in [6.07, 6.45) is 0. The van der Waals surface area contributed by atoms with Crippen LogP contribution in [0.1, 0.15) is 20.7 Å². The van der Waals surface area contributed by atoms with Gasteiger partial charge in [-0.1, -0.05) is 18.2 Å². The molecule has 0 fully saturated rings. The molecule has 4 aromatic carbocycles. The summed E-state index contributed by atoms with van der Waals surface area (Å²) >= 11 is 0. The van der Waals surface area contributed by atoms with Crippen LogP contribution in [0.4, 0.5) is 11.4 Å². The van der Waals surface area contributed by atoms with E-state index in [0.29, 0.717) is 5.75 Å². The number of anilines is 2. The highest BCUT2D eigenvalue weighted by atomic mass is 32.2. The second kappa shape index (κ2) is 11.6. The van der Waals surface area contributed by atoms with E-state index in [9.17, 15) is 36.6 Å². The zero-order valence-electron chi connectivity index (χ0n) is 21.1. The lowest BCUT2D eigenvalue weighted by atomic mass is 10.1. The Morgan fingerprint density at radius 1 is 0.610 bits per heavy atom. The van der Waals surface area contributed by atoms with E-state index < -0.39 is 43.1 Å². The summed E-state index contributed by atoms with van der Waals surface area (Å²) in [5, 5.41) is 19.4. The van der Waals surface area contributed by atoms with Crippen LogP contribution < -0.4 is 18.9 Å². The summed E-state index contributed by atoms with van der Waals surface area (Å²) in [6, 6.07) is 19.9. The molecule has 4 aromatic rings. The number of benzene rings is 4. The highest BCUT2D eigenvalue weighted by Crippen LogP contribution is 2.31. The van der Waals surface area contributed by atoms with Gasteiger partial charge >= 0.3 is 11.9 Å². The molecule has 0 aromatic heterocycles. The van der Waals surface area contributed by atoms with Crippen LogP contribution >= 0.6 is 0 Å². The van der Waals surface area contributed by atoms with Crippen molar-refractivity contribution in [2.45, 2.75) is 9.79 Å². The van der Waals surface area contributed by atoms with Gasteiger partial charge in [0.15, 0.2) is 0 Å². The molecule has 0 aliphatic carbocycles. The Morgan fingerprint density at radius 2 is 1.02 bits per heavy atom. The average molecular weight is 599 g/mol. The predicted octanol–water partition coefficient (Wildman–Crippen LogP) is 4.49. The van der Waals surface area contributed by atoms with Gasteiger partial charge in [-0.15, -0.1) is 0 Å². The van der Waals surface area contributed by atoms with Gasteiger partial charge in [-0.05, 0) is 72.8 Å². The minimum atomic E-state index is -4.15. The molecule has 0 spiro atoms. The lowest BCUT2D eigenvalue weighted by Crippen LogP contribution is -2.16. The second-order valence-electron chi connectivity index (χ2n) is 8.33. The molecule has 0 atom stereocenters. The number of sulfonamides is 2. The third-order valence-electron chi connectivity index (χ3n) is 5.59. The summed E-state index contributed by atoms with van der Waals surface area (Å²) in [7, 11) is -6.81. The maximum Gasteiger partial charge on any atom is 0.337 e. The van der Waals surface area contributed by atoms with Crippen molar-refractivity contribution in [2.24, 2.45) is 0 Å². The number of carboxylic acids is 2. The van der Waals surface area contributed by atoms with Crippen LogP contribution in [0.3, 0.4) is 0 Å². The van der Waals surface area contributed by atoms with E-state index in [1.807, 2.05) is 0 Å². The molecule has 212 valence electrons. The molecule has 0 aliphatic heterocycles. The molecule has 0 bridgehead atoms. The van der Waals surface area contributed by atoms with Crippen LogP contribution in [-0.4, -0.2) is 46.1 Å². The predicted molar refractivity (Wildman–Crippen MR) is 148 cm³/mol. The first kappa shape index (κ1) is 28.9. The molecular weight excluding hydrogens is 576 g/mol. The standard InChI is InChI=1S/C27H22N2O10S2/c1-38-17-7-11-21(12-8-17)41(36,37)29-25-14-10-19(16-23(25)27(32)33)39-18-9-13-24(22(15-18)26(30)31)28-40(34,35)20-5-3-2-4-6-20/h2-16,28-29H,1H3,(H,30,31)(H,32,33). The van der Waals surface area contributed by atoms with Gasteiger partial charge in [0, 0.05) is 0 Å². The van der Waals surface area contributed by atoms with Crippen LogP contribution in [-0.2, 0) is 20.0 Å². The third kappa shape index (κ3) is 6.74. The molecule has 0 aliphatic rings. The molecule has 0 heterocycles. The second-order valence-corrected chi connectivity index (χ2v) is 11.7. The highest BCUT2D eigenvalue weighted by molar-refractivity contribution is 7.93. The SMILES string of the molecule is COc1ccc(S(=O)(=O)Nc2ccc(Oc3ccc(NS(=O)(=O)c4ccccc4)c(C(=O)O)c3)cc2C(=O)O)cc1. The van der Waals surface area contributed by atoms with E-state index in [0.717, 1.165) is 12.1 Å². The molecule has 41 heavy (non-hydrogen) atoms. The van der Waals surface area contributed by atoms with Crippen molar-refractivity contribution in [2.75, 3.05) is 16.6 Å². The van der Waals surface area contributed by atoms with Gasteiger partial charge < -0.3 is 19.7 Å². The topological polar surface area (TPSA) is 185 Å². The quantitative estimate of drug-likeness (QED) is 0.192. The largest absolute Gasteiger partial charge is 0.497 e. The van der Waals surface area contributed by atoms with Crippen LogP contribution in [0.2, 0.25) is 0 Å². The van der Waals surface area contributed by atoms with Crippen molar-refractivity contribution in [3.8, 4) is 17.2 Å². The number of nitrogens with one attached hydrogen (secondary N) is 2. The minimum Gasteiger partial charge on any atom is -0.497 e. The summed E-state index contributed by atoms with van der Waals surface area (Å²) in [5.74, 6) is -2.57. The van der Waals surface area contributed by atoms with Crippen molar-refractivity contribution in [3.05, 3.63) is 102 Å². The number of ether oxygens (including phenoxy) is 2. The van der Waals surface area contributed by atoms with Crippen molar-refractivity contribution < 1.29 is 46.1 Å². The first-order valence-corrected chi connectivity index (χ1v) is 14.5. The van der Waals surface area contributed by atoms with Crippen molar-refractivity contribution in [1.82, 2.24) is 0 Å². The zero-order valence-corrected chi connectivity index (χ0v) is 22.8. The first-order valence-electron chi connectivity index (χ1n) is 11.6. The fourth-order valence-electron chi connectivity index (χ4n) is 3.60. The third-order valence-corrected chi connectivity index (χ3v) is 8.35. The van der Waals surface area contributed by atoms with Gasteiger partial charge in [-0.3, -0.25) is 9.44 Å². The van der Waals surface area contributed by atoms with Crippen molar-refractivity contribution in [3.63, 3.8) is 0 Å². The highest BCUT2D eigenvalue weighted by Gasteiger charge is 2.21. The Kier molecular flexibility index (Phi) is 8.16. The number of aromatic carboxylic acids is 2. The molecule has 0 saturated carbocycles. The monoisotopic (exact) mass is 598 g/mol. The number of hydrogen-bond donors (Lipinski definition) is 4. The molecule has 4 rings (SSSR count). The molecule has 12 nitrogen and oxygen atoms in total. The van der Waals surface area contributed by atoms with Crippen LogP contribution in [0.25, 0.3) is 0 Å². The first-order chi connectivity index (χ1) is 19.4. The Morgan fingerprint density at radius 3 is 1.44 bits per heavy atom. The fourth-order valence-corrected chi connectivity index (χ4v) is 5.78. The lowest BCUT2D eigenvalue weighted by molar-refractivity contribution is 0.0687. The normalized spacial score (nSPS) is 11.3. The van der Waals surface area contributed by atoms with E-state index in [2.05, 4.69) is 9.44 Å². The van der Waals surface area contributed by atoms with Crippen LogP contribution in [0.5, 0.6) is 17.2 Å². The van der Waals surface area contributed by atoms with Gasteiger partial charge in [-0.2, -0.15) is 0 Å². The summed E-state index contributed by atoms with van der Waals surface area (Å²) in [6.45, 7) is 0. The van der Waals surface area contributed by atoms with E-state index in [1.54, 1.807) is 6.07 Å². The summed E-state index contributed by atoms with van der Waals surface area (Å²) < 4.78 is 66.0. The van der Waals surface area contributed by atoms with E-state index in [-0.39, 0.29) is 32.7 Å². The van der Waals surface area contributed by atoms with Gasteiger partial charge in [0.1, 0.15) is 17.2 Å². The van der Waals surface area contributed by atoms with E-state index in [1.165, 1.54) is 79.9 Å². The molecule has 0 saturated heterocycles. The van der Waals surface area contributed by atoms with Gasteiger partial charge in [0.25, 0.3) is 20.0 Å². The van der Waals surface area contributed by atoms with Crippen LogP contribution in [0.15, 0.2) is 101 Å². The molecular formula is C27H22N2O10S2. The summed E-state index contributed by atoms with van der Waals surface area (Å²) in [5.41, 5.74) is -1.32. The number of hydrogen-bond acceptors (Lipinski definition) is 8. The van der Waals surface area contributed by atoms with Crippen molar-refractivity contribution >= 4 is 43.4 Å². The molecule has 0 amide bonds. The summed E-state index contributed by atoms with van der Waals surface area (Å²) in [4.78, 5) is 23.6. The fraction of sp³-hybridized carbons (Fsp3) is 0.0370. The van der Waals surface area contributed by atoms with Crippen molar-refractivity contribution in [1.29, 1.82) is 0 Å². The molecule has 4 N–H and O–H groups in total. The zero-order chi connectivity index (χ0) is 29.8. The molecule has 14 heteroatoms. The van der Waals surface area contributed by atoms with Gasteiger partial charge in [-0.25, -0.2) is 26.4 Å². The Balaban J connectivity index is 1.59. The Labute approximate surface area is 234 Å². The van der Waals surface area contributed by atoms with E-state index >= 15 is 0 Å². The Bertz CT molecular complexity index is 1820. The maximum absolute atomic E-state index is 12.8. The number of carboxylic acid groups (broad SMARTS) is 2. The van der Waals surface area contributed by atoms with Crippen LogP contribution in [0, 0.1) is 0 Å². The molecule has 0 radical (unpaired) electrons. The van der Waals surface area contributed by atoms with Gasteiger partial charge in [0.2, 0.25) is 0 Å². The number of rotatable bonds is 11. The number of methoxy groups -OCH3 is 1. The van der Waals surface area contributed by atoms with Gasteiger partial charge in [0.05, 0.1) is 39.4 Å². The molecule has 0 unspecified atom stereocenters. The lowest BCUT2D eigenvalue weighted by Gasteiger charge is -2.14. The number of carbonyl (C=O) groups is 2. The smallest absolute Gasteiger partial charge is 0.337 e. The average Bonchev–Trinajstić information content (AvgIpc) is 2.94. The van der Waals surface area contributed by atoms with E-state index in [4.69, 9.17) is 9.47 Å².